The van der Waals surface area contributed by atoms with E-state index in [4.69, 9.17) is 20.0 Å². The number of carbonyl (C=O) groups is 1. The first kappa shape index (κ1) is 26.5. The molecule has 4 heterocycles. The Balaban J connectivity index is 1.22. The van der Waals surface area contributed by atoms with Gasteiger partial charge in [0, 0.05) is 41.7 Å². The van der Waals surface area contributed by atoms with Gasteiger partial charge in [-0.25, -0.2) is 9.37 Å². The molecule has 0 saturated carbocycles. The van der Waals surface area contributed by atoms with E-state index in [0.29, 0.717) is 49.5 Å². The van der Waals surface area contributed by atoms with Crippen LogP contribution in [0.15, 0.2) is 27.5 Å². The Morgan fingerprint density at radius 3 is 2.82 bits per heavy atom. The third-order valence-corrected chi connectivity index (χ3v) is 8.01. The standard InChI is InChI=1S/C28H36FN5O4/c1-17(7-11-30)28(36)37-23-4-3-12-34-26(23)31-18(2)21(27(34)35)10-15-33-13-8-19(9-14-33)25-22-6-5-20(29)16-24(22)38-32-25/h5-6,16-17,19,23H,3-4,7-15,30H2,1-2H3. The first-order valence-electron chi connectivity index (χ1n) is 13.6. The van der Waals surface area contributed by atoms with Crippen LogP contribution in [0, 0.1) is 18.7 Å². The highest BCUT2D eigenvalue weighted by Crippen LogP contribution is 2.33. The number of nitrogens with zero attached hydrogens (tertiary/aromatic N) is 4. The molecule has 1 fully saturated rings. The van der Waals surface area contributed by atoms with Crippen molar-refractivity contribution in [2.24, 2.45) is 11.7 Å². The minimum Gasteiger partial charge on any atom is -0.454 e. The third-order valence-electron chi connectivity index (χ3n) is 8.01. The highest BCUT2D eigenvalue weighted by atomic mass is 19.1. The number of ether oxygens (including phenoxy) is 1. The van der Waals surface area contributed by atoms with Crippen LogP contribution in [-0.2, 0) is 22.5 Å². The molecule has 0 aliphatic carbocycles. The maximum atomic E-state index is 13.5. The molecule has 38 heavy (non-hydrogen) atoms. The summed E-state index contributed by atoms with van der Waals surface area (Å²) in [5, 5.41) is 5.12. The van der Waals surface area contributed by atoms with Crippen molar-refractivity contribution in [2.45, 2.75) is 70.9 Å². The highest BCUT2D eigenvalue weighted by Gasteiger charge is 2.30. The van der Waals surface area contributed by atoms with Crippen molar-refractivity contribution in [3.05, 3.63) is 57.1 Å². The quantitative estimate of drug-likeness (QED) is 0.444. The minimum atomic E-state index is -0.500. The predicted molar refractivity (Wildman–Crippen MR) is 140 cm³/mol. The van der Waals surface area contributed by atoms with Gasteiger partial charge in [-0.2, -0.15) is 0 Å². The molecular weight excluding hydrogens is 489 g/mol. The van der Waals surface area contributed by atoms with E-state index in [9.17, 15) is 14.0 Å². The van der Waals surface area contributed by atoms with Gasteiger partial charge in [0.15, 0.2) is 17.5 Å². The number of benzene rings is 1. The fourth-order valence-corrected chi connectivity index (χ4v) is 5.70. The molecule has 2 unspecified atom stereocenters. The maximum absolute atomic E-state index is 13.5. The predicted octanol–water partition coefficient (Wildman–Crippen LogP) is 3.62. The van der Waals surface area contributed by atoms with E-state index < -0.39 is 6.10 Å². The van der Waals surface area contributed by atoms with Crippen molar-refractivity contribution in [3.63, 3.8) is 0 Å². The van der Waals surface area contributed by atoms with Crippen LogP contribution in [0.5, 0.6) is 0 Å². The lowest BCUT2D eigenvalue weighted by atomic mass is 9.91. The molecule has 1 saturated heterocycles. The third kappa shape index (κ3) is 5.37. The molecule has 10 heteroatoms. The molecule has 2 aliphatic heterocycles. The Kier molecular flexibility index (Phi) is 7.90. The smallest absolute Gasteiger partial charge is 0.309 e. The van der Waals surface area contributed by atoms with Crippen molar-refractivity contribution in [1.82, 2.24) is 19.6 Å². The first-order valence-corrected chi connectivity index (χ1v) is 13.6. The summed E-state index contributed by atoms with van der Waals surface area (Å²) in [5.74, 6) is -0.0810. The fraction of sp³-hybridized carbons (Fsp3) is 0.571. The van der Waals surface area contributed by atoms with E-state index >= 15 is 0 Å². The molecule has 9 nitrogen and oxygen atoms in total. The van der Waals surface area contributed by atoms with Crippen molar-refractivity contribution < 1.29 is 18.4 Å². The van der Waals surface area contributed by atoms with E-state index in [1.807, 2.05) is 13.8 Å². The number of piperidine rings is 1. The second-order valence-corrected chi connectivity index (χ2v) is 10.6. The number of hydrogen-bond donors (Lipinski definition) is 1. The molecule has 204 valence electrons. The van der Waals surface area contributed by atoms with E-state index in [1.165, 1.54) is 12.1 Å². The molecule has 0 amide bonds. The summed E-state index contributed by atoms with van der Waals surface area (Å²) < 4.78 is 26.3. The summed E-state index contributed by atoms with van der Waals surface area (Å²) in [6.45, 7) is 7.23. The number of hydrogen-bond acceptors (Lipinski definition) is 8. The number of esters is 1. The fourth-order valence-electron chi connectivity index (χ4n) is 5.70. The summed E-state index contributed by atoms with van der Waals surface area (Å²) in [7, 11) is 0. The van der Waals surface area contributed by atoms with Gasteiger partial charge in [-0.05, 0) is 77.2 Å². The van der Waals surface area contributed by atoms with E-state index in [1.54, 1.807) is 10.6 Å². The van der Waals surface area contributed by atoms with Gasteiger partial charge in [-0.1, -0.05) is 12.1 Å². The van der Waals surface area contributed by atoms with E-state index in [-0.39, 0.29) is 29.2 Å². The molecule has 2 atom stereocenters. The molecular formula is C28H36FN5O4. The average Bonchev–Trinajstić information content (AvgIpc) is 3.32. The number of aromatic nitrogens is 3. The molecule has 0 radical (unpaired) electrons. The summed E-state index contributed by atoms with van der Waals surface area (Å²) >= 11 is 0. The van der Waals surface area contributed by atoms with Crippen molar-refractivity contribution >= 4 is 16.9 Å². The Morgan fingerprint density at radius 2 is 2.05 bits per heavy atom. The summed E-state index contributed by atoms with van der Waals surface area (Å²) in [4.78, 5) is 33.0. The number of aryl methyl sites for hydroxylation is 1. The first-order chi connectivity index (χ1) is 18.4. The second-order valence-electron chi connectivity index (χ2n) is 10.6. The molecule has 5 rings (SSSR count). The van der Waals surface area contributed by atoms with Gasteiger partial charge >= 0.3 is 5.97 Å². The van der Waals surface area contributed by atoms with Crippen LogP contribution in [0.2, 0.25) is 0 Å². The zero-order valence-corrected chi connectivity index (χ0v) is 22.1. The second kappa shape index (κ2) is 11.3. The zero-order valence-electron chi connectivity index (χ0n) is 22.1. The molecule has 1 aromatic carbocycles. The van der Waals surface area contributed by atoms with Crippen LogP contribution < -0.4 is 11.3 Å². The SMILES string of the molecule is Cc1nc2n(c(=O)c1CCN1CCC(c3noc4cc(F)ccc34)CC1)CCCC2OC(=O)C(C)CCN. The maximum Gasteiger partial charge on any atom is 0.309 e. The topological polar surface area (TPSA) is 116 Å². The molecule has 2 aliphatic rings. The lowest BCUT2D eigenvalue weighted by Gasteiger charge is -2.31. The van der Waals surface area contributed by atoms with Gasteiger partial charge in [-0.3, -0.25) is 14.2 Å². The van der Waals surface area contributed by atoms with Crippen LogP contribution in [0.4, 0.5) is 4.39 Å². The Morgan fingerprint density at radius 1 is 1.26 bits per heavy atom. The molecule has 0 bridgehead atoms. The molecule has 3 aromatic rings. The summed E-state index contributed by atoms with van der Waals surface area (Å²) in [6, 6.07) is 4.57. The lowest BCUT2D eigenvalue weighted by molar-refractivity contribution is -0.155. The van der Waals surface area contributed by atoms with Gasteiger partial charge in [-0.15, -0.1) is 0 Å². The Bertz CT molecular complexity index is 1360. The number of nitrogens with two attached hydrogens (primary N) is 1. The number of halogens is 1. The van der Waals surface area contributed by atoms with Crippen LogP contribution >= 0.6 is 0 Å². The highest BCUT2D eigenvalue weighted by molar-refractivity contribution is 5.79. The van der Waals surface area contributed by atoms with Gasteiger partial charge in [0.25, 0.3) is 5.56 Å². The average molecular weight is 526 g/mol. The van der Waals surface area contributed by atoms with Crippen molar-refractivity contribution in [2.75, 3.05) is 26.2 Å². The number of fused-ring (bicyclic) bond motifs is 2. The normalized spacial score (nSPS) is 19.4. The van der Waals surface area contributed by atoms with Gasteiger partial charge in [0.2, 0.25) is 0 Å². The van der Waals surface area contributed by atoms with Crippen LogP contribution in [0.1, 0.15) is 73.8 Å². The van der Waals surface area contributed by atoms with E-state index in [2.05, 4.69) is 10.1 Å². The van der Waals surface area contributed by atoms with Crippen molar-refractivity contribution in [1.29, 1.82) is 0 Å². The van der Waals surface area contributed by atoms with Crippen LogP contribution in [0.3, 0.4) is 0 Å². The summed E-state index contributed by atoms with van der Waals surface area (Å²) in [5.41, 5.74) is 8.37. The van der Waals surface area contributed by atoms with Gasteiger partial charge in [0.05, 0.1) is 11.6 Å². The monoisotopic (exact) mass is 525 g/mol. The Labute approximate surface area is 221 Å². The van der Waals surface area contributed by atoms with E-state index in [0.717, 1.165) is 55.5 Å². The molecule has 0 spiro atoms. The van der Waals surface area contributed by atoms with Gasteiger partial charge in [0.1, 0.15) is 5.82 Å². The molecule has 2 N–H and O–H groups in total. The number of carbonyl (C=O) groups excluding carboxylic acids is 1. The number of likely N-dealkylation sites (tertiary alicyclic amines) is 1. The zero-order chi connectivity index (χ0) is 26.8. The Hall–Kier alpha value is -3.11. The van der Waals surface area contributed by atoms with Crippen LogP contribution in [0.25, 0.3) is 11.0 Å². The number of rotatable bonds is 8. The van der Waals surface area contributed by atoms with Crippen LogP contribution in [-0.4, -0.2) is 51.8 Å². The van der Waals surface area contributed by atoms with Crippen molar-refractivity contribution in [3.8, 4) is 0 Å². The largest absolute Gasteiger partial charge is 0.454 e. The summed E-state index contributed by atoms with van der Waals surface area (Å²) in [6.07, 6.45) is 3.96. The lowest BCUT2D eigenvalue weighted by Crippen LogP contribution is -2.38. The molecule has 2 aromatic heterocycles. The van der Waals surface area contributed by atoms with Gasteiger partial charge < -0.3 is 19.9 Å². The minimum absolute atomic E-state index is 0.0283.